The van der Waals surface area contributed by atoms with E-state index in [2.05, 4.69) is 31.9 Å². The highest BCUT2D eigenvalue weighted by Crippen LogP contribution is 2.30. The lowest BCUT2D eigenvalue weighted by molar-refractivity contribution is 0.531. The topological polar surface area (TPSA) is 64.3 Å². The second-order valence-corrected chi connectivity index (χ2v) is 9.14. The predicted octanol–water partition coefficient (Wildman–Crippen LogP) is 4.77. The largest absolute Gasteiger partial charge is 0.421 e. The standard InChI is InChI=1S/C17H12Br2O4S/c1-9-3-4-13(5-10(9)2)24(21,22)15-7-11-6-12(18)8-14(19)16(11)23-17(15)20/h3-8H,1-2H3. The molecule has 0 saturated carbocycles. The first-order valence-electron chi connectivity index (χ1n) is 6.95. The summed E-state index contributed by atoms with van der Waals surface area (Å²) in [7, 11) is -3.96. The highest BCUT2D eigenvalue weighted by Gasteiger charge is 2.24. The number of benzene rings is 2. The highest BCUT2D eigenvalue weighted by atomic mass is 79.9. The first kappa shape index (κ1) is 17.4. The molecular weight excluding hydrogens is 460 g/mol. The van der Waals surface area contributed by atoms with Gasteiger partial charge in [-0.25, -0.2) is 13.2 Å². The van der Waals surface area contributed by atoms with Gasteiger partial charge in [-0.05, 0) is 71.2 Å². The van der Waals surface area contributed by atoms with E-state index >= 15 is 0 Å². The average Bonchev–Trinajstić information content (AvgIpc) is 2.50. The Morgan fingerprint density at radius 1 is 0.958 bits per heavy atom. The van der Waals surface area contributed by atoms with E-state index < -0.39 is 15.5 Å². The summed E-state index contributed by atoms with van der Waals surface area (Å²) in [5.41, 5.74) is 1.24. The van der Waals surface area contributed by atoms with Crippen molar-refractivity contribution in [2.24, 2.45) is 0 Å². The Kier molecular flexibility index (Phi) is 4.44. The molecule has 7 heteroatoms. The Morgan fingerprint density at radius 2 is 1.67 bits per heavy atom. The summed E-state index contributed by atoms with van der Waals surface area (Å²) in [6.45, 7) is 3.72. The second kappa shape index (κ2) is 6.13. The average molecular weight is 472 g/mol. The van der Waals surface area contributed by atoms with Gasteiger partial charge < -0.3 is 4.42 Å². The fourth-order valence-electron chi connectivity index (χ4n) is 2.33. The molecule has 0 unspecified atom stereocenters. The first-order chi connectivity index (χ1) is 11.2. The molecule has 1 aromatic heterocycles. The number of rotatable bonds is 2. The van der Waals surface area contributed by atoms with Crippen LogP contribution in [0.3, 0.4) is 0 Å². The minimum absolute atomic E-state index is 0.0753. The van der Waals surface area contributed by atoms with Crippen LogP contribution in [0.15, 0.2) is 64.3 Å². The maximum Gasteiger partial charge on any atom is 0.355 e. The molecule has 1 heterocycles. The van der Waals surface area contributed by atoms with Crippen LogP contribution >= 0.6 is 31.9 Å². The Hall–Kier alpha value is -1.44. The van der Waals surface area contributed by atoms with Gasteiger partial charge in [-0.15, -0.1) is 0 Å². The summed E-state index contributed by atoms with van der Waals surface area (Å²) < 4.78 is 32.2. The van der Waals surface area contributed by atoms with Crippen molar-refractivity contribution in [3.8, 4) is 0 Å². The number of hydrogen-bond donors (Lipinski definition) is 0. The van der Waals surface area contributed by atoms with Gasteiger partial charge in [0.15, 0.2) is 10.5 Å². The van der Waals surface area contributed by atoms with Gasteiger partial charge in [0.2, 0.25) is 9.84 Å². The summed E-state index contributed by atoms with van der Waals surface area (Å²) in [5, 5.41) is 0.512. The summed E-state index contributed by atoms with van der Waals surface area (Å²) in [6, 6.07) is 9.55. The number of aryl methyl sites for hydroxylation is 2. The van der Waals surface area contributed by atoms with E-state index in [1.807, 2.05) is 13.8 Å². The Balaban J connectivity index is 2.30. The van der Waals surface area contributed by atoms with Gasteiger partial charge in [-0.2, -0.15) is 0 Å². The Labute approximate surface area is 155 Å². The third-order valence-electron chi connectivity index (χ3n) is 3.80. The Bertz CT molecular complexity index is 1130. The van der Waals surface area contributed by atoms with Crippen LogP contribution in [-0.4, -0.2) is 8.42 Å². The van der Waals surface area contributed by atoms with Gasteiger partial charge in [0, 0.05) is 9.86 Å². The van der Waals surface area contributed by atoms with Crippen LogP contribution in [0.4, 0.5) is 0 Å². The number of fused-ring (bicyclic) bond motifs is 1. The minimum Gasteiger partial charge on any atom is -0.421 e. The highest BCUT2D eigenvalue weighted by molar-refractivity contribution is 9.11. The second-order valence-electron chi connectivity index (χ2n) is 5.45. The molecule has 2 aromatic carbocycles. The molecular formula is C17H12Br2O4S. The molecule has 0 aliphatic heterocycles. The normalized spacial score (nSPS) is 11.8. The molecule has 124 valence electrons. The lowest BCUT2D eigenvalue weighted by Crippen LogP contribution is -2.14. The van der Waals surface area contributed by atoms with Gasteiger partial charge in [-0.3, -0.25) is 0 Å². The lowest BCUT2D eigenvalue weighted by atomic mass is 10.1. The van der Waals surface area contributed by atoms with Gasteiger partial charge >= 0.3 is 5.63 Å². The van der Waals surface area contributed by atoms with Gasteiger partial charge in [0.05, 0.1) is 9.37 Å². The molecule has 0 spiro atoms. The van der Waals surface area contributed by atoms with Gasteiger partial charge in [-0.1, -0.05) is 22.0 Å². The monoisotopic (exact) mass is 470 g/mol. The van der Waals surface area contributed by atoms with Crippen LogP contribution < -0.4 is 5.63 Å². The van der Waals surface area contributed by atoms with E-state index in [1.54, 1.807) is 24.3 Å². The summed E-state index contributed by atoms with van der Waals surface area (Å²) in [6.07, 6.45) is 0. The number of hydrogen-bond acceptors (Lipinski definition) is 4. The molecule has 0 N–H and O–H groups in total. The zero-order valence-electron chi connectivity index (χ0n) is 12.8. The molecule has 4 nitrogen and oxygen atoms in total. The molecule has 0 aliphatic carbocycles. The third kappa shape index (κ3) is 2.96. The molecule has 0 aliphatic rings. The van der Waals surface area contributed by atoms with E-state index in [1.165, 1.54) is 12.1 Å². The van der Waals surface area contributed by atoms with Gasteiger partial charge in [0.1, 0.15) is 0 Å². The quantitative estimate of drug-likeness (QED) is 0.505. The van der Waals surface area contributed by atoms with Crippen LogP contribution in [0, 0.1) is 13.8 Å². The SMILES string of the molecule is Cc1ccc(S(=O)(=O)c2cc3cc(Br)cc(Br)c3oc2=O)cc1C. The summed E-state index contributed by atoms with van der Waals surface area (Å²) in [5.74, 6) is 0. The molecule has 0 atom stereocenters. The van der Waals surface area contributed by atoms with Crippen molar-refractivity contribution in [3.63, 3.8) is 0 Å². The molecule has 0 bridgehead atoms. The van der Waals surface area contributed by atoms with Crippen molar-refractivity contribution in [1.29, 1.82) is 0 Å². The van der Waals surface area contributed by atoms with Crippen molar-refractivity contribution in [2.45, 2.75) is 23.6 Å². The van der Waals surface area contributed by atoms with Crippen LogP contribution in [0.5, 0.6) is 0 Å². The maximum atomic E-state index is 12.8. The van der Waals surface area contributed by atoms with Crippen LogP contribution in [-0.2, 0) is 9.84 Å². The minimum atomic E-state index is -3.96. The zero-order chi connectivity index (χ0) is 17.6. The third-order valence-corrected chi connectivity index (χ3v) is 6.58. The molecule has 3 aromatic rings. The van der Waals surface area contributed by atoms with E-state index in [9.17, 15) is 13.2 Å². The van der Waals surface area contributed by atoms with Crippen LogP contribution in [0.25, 0.3) is 11.0 Å². The lowest BCUT2D eigenvalue weighted by Gasteiger charge is -2.08. The predicted molar refractivity (Wildman–Crippen MR) is 99.3 cm³/mol. The van der Waals surface area contributed by atoms with E-state index in [0.29, 0.717) is 15.4 Å². The fourth-order valence-corrected chi connectivity index (χ4v) is 5.05. The van der Waals surface area contributed by atoms with Crippen molar-refractivity contribution in [1.82, 2.24) is 0 Å². The van der Waals surface area contributed by atoms with Crippen LogP contribution in [0.1, 0.15) is 11.1 Å². The van der Waals surface area contributed by atoms with E-state index in [-0.39, 0.29) is 9.79 Å². The van der Waals surface area contributed by atoms with E-state index in [4.69, 9.17) is 4.42 Å². The molecule has 0 fully saturated rings. The number of sulfone groups is 1. The fraction of sp³-hybridized carbons (Fsp3) is 0.118. The molecule has 0 radical (unpaired) electrons. The molecule has 0 saturated heterocycles. The molecule has 0 amide bonds. The summed E-state index contributed by atoms with van der Waals surface area (Å²) in [4.78, 5) is 12.0. The zero-order valence-corrected chi connectivity index (χ0v) is 16.7. The smallest absolute Gasteiger partial charge is 0.355 e. The van der Waals surface area contributed by atoms with E-state index in [0.717, 1.165) is 15.6 Å². The molecule has 3 rings (SSSR count). The number of halogens is 2. The summed E-state index contributed by atoms with van der Waals surface area (Å²) >= 11 is 6.65. The molecule has 24 heavy (non-hydrogen) atoms. The van der Waals surface area contributed by atoms with Gasteiger partial charge in [0.25, 0.3) is 0 Å². The first-order valence-corrected chi connectivity index (χ1v) is 10.0. The van der Waals surface area contributed by atoms with Crippen molar-refractivity contribution in [2.75, 3.05) is 0 Å². The van der Waals surface area contributed by atoms with Crippen molar-refractivity contribution in [3.05, 3.63) is 66.9 Å². The maximum absolute atomic E-state index is 12.8. The Morgan fingerprint density at radius 3 is 2.33 bits per heavy atom. The van der Waals surface area contributed by atoms with Crippen LogP contribution in [0.2, 0.25) is 0 Å². The van der Waals surface area contributed by atoms with Crippen molar-refractivity contribution < 1.29 is 12.8 Å². The van der Waals surface area contributed by atoms with Crippen molar-refractivity contribution >= 4 is 52.7 Å².